The highest BCUT2D eigenvalue weighted by Crippen LogP contribution is 2.21. The predicted molar refractivity (Wildman–Crippen MR) is 49.7 cm³/mol. The van der Waals surface area contributed by atoms with Gasteiger partial charge in [-0.1, -0.05) is 26.7 Å². The zero-order chi connectivity index (χ0) is 8.10. The molecule has 0 spiro atoms. The fourth-order valence-corrected chi connectivity index (χ4v) is 2.03. The summed E-state index contributed by atoms with van der Waals surface area (Å²) in [6.45, 7) is 5.85. The van der Waals surface area contributed by atoms with Crippen LogP contribution in [0.25, 0.3) is 0 Å². The maximum atomic E-state index is 3.58. The quantitative estimate of drug-likeness (QED) is 0.660. The summed E-state index contributed by atoms with van der Waals surface area (Å²) < 4.78 is 0. The topological polar surface area (TPSA) is 12.0 Å². The van der Waals surface area contributed by atoms with Crippen molar-refractivity contribution in [2.45, 2.75) is 52.0 Å². The molecule has 66 valence electrons. The molecule has 1 heteroatoms. The molecule has 0 radical (unpaired) electrons. The highest BCUT2D eigenvalue weighted by Gasteiger charge is 2.18. The summed E-state index contributed by atoms with van der Waals surface area (Å²) in [7, 11) is 0. The third-order valence-electron chi connectivity index (χ3n) is 2.82. The minimum Gasteiger partial charge on any atom is -0.314 e. The zero-order valence-corrected chi connectivity index (χ0v) is 7.90. The normalized spacial score (nSPS) is 32.2. The molecule has 0 saturated carbocycles. The van der Waals surface area contributed by atoms with E-state index >= 15 is 0 Å². The molecule has 0 bridgehead atoms. The van der Waals surface area contributed by atoms with Gasteiger partial charge in [-0.05, 0) is 31.7 Å². The highest BCUT2D eigenvalue weighted by molar-refractivity contribution is 4.76. The minimum atomic E-state index is 0.832. The van der Waals surface area contributed by atoms with Crippen LogP contribution < -0.4 is 5.32 Å². The Bertz CT molecular complexity index is 99.0. The first-order valence-corrected chi connectivity index (χ1v) is 5.10. The van der Waals surface area contributed by atoms with Crippen molar-refractivity contribution in [1.82, 2.24) is 5.32 Å². The van der Waals surface area contributed by atoms with Crippen LogP contribution in [0.1, 0.15) is 46.0 Å². The molecule has 0 aliphatic carbocycles. The van der Waals surface area contributed by atoms with Gasteiger partial charge in [-0.2, -0.15) is 0 Å². The summed E-state index contributed by atoms with van der Waals surface area (Å²) in [5.74, 6) is 1.01. The summed E-state index contributed by atoms with van der Waals surface area (Å²) in [4.78, 5) is 0. The van der Waals surface area contributed by atoms with E-state index < -0.39 is 0 Å². The molecule has 1 fully saturated rings. The van der Waals surface area contributed by atoms with Gasteiger partial charge in [-0.3, -0.25) is 0 Å². The van der Waals surface area contributed by atoms with Crippen molar-refractivity contribution in [2.24, 2.45) is 5.92 Å². The van der Waals surface area contributed by atoms with E-state index in [4.69, 9.17) is 0 Å². The van der Waals surface area contributed by atoms with Gasteiger partial charge in [0.15, 0.2) is 0 Å². The number of hydrogen-bond donors (Lipinski definition) is 1. The van der Waals surface area contributed by atoms with Crippen LogP contribution in [-0.4, -0.2) is 12.6 Å². The molecular formula is C10H21N. The fraction of sp³-hybridized carbons (Fsp3) is 1.00. The second-order valence-corrected chi connectivity index (χ2v) is 3.74. The summed E-state index contributed by atoms with van der Waals surface area (Å²) in [5.41, 5.74) is 0. The van der Waals surface area contributed by atoms with Crippen LogP contribution in [0.3, 0.4) is 0 Å². The monoisotopic (exact) mass is 155 g/mol. The molecule has 1 nitrogen and oxygen atoms in total. The van der Waals surface area contributed by atoms with Gasteiger partial charge in [0.25, 0.3) is 0 Å². The van der Waals surface area contributed by atoms with E-state index in [9.17, 15) is 0 Å². The van der Waals surface area contributed by atoms with Gasteiger partial charge in [0.1, 0.15) is 0 Å². The van der Waals surface area contributed by atoms with E-state index in [1.54, 1.807) is 0 Å². The average molecular weight is 155 g/mol. The van der Waals surface area contributed by atoms with E-state index in [1.165, 1.54) is 38.6 Å². The predicted octanol–water partition coefficient (Wildman–Crippen LogP) is 2.56. The first-order valence-electron chi connectivity index (χ1n) is 5.10. The SMILES string of the molecule is CCCC1CC(CC)CCN1. The van der Waals surface area contributed by atoms with Crippen molar-refractivity contribution < 1.29 is 0 Å². The van der Waals surface area contributed by atoms with Gasteiger partial charge in [-0.15, -0.1) is 0 Å². The Kier molecular flexibility index (Phi) is 3.92. The number of piperidine rings is 1. The van der Waals surface area contributed by atoms with E-state index in [2.05, 4.69) is 19.2 Å². The summed E-state index contributed by atoms with van der Waals surface area (Å²) in [6.07, 6.45) is 6.90. The number of hydrogen-bond acceptors (Lipinski definition) is 1. The van der Waals surface area contributed by atoms with E-state index in [-0.39, 0.29) is 0 Å². The van der Waals surface area contributed by atoms with Crippen LogP contribution in [0.4, 0.5) is 0 Å². The lowest BCUT2D eigenvalue weighted by molar-refractivity contribution is 0.284. The van der Waals surface area contributed by atoms with Crippen LogP contribution in [0.5, 0.6) is 0 Å². The smallest absolute Gasteiger partial charge is 0.00696 e. The summed E-state index contributed by atoms with van der Waals surface area (Å²) in [6, 6.07) is 0.832. The van der Waals surface area contributed by atoms with Gasteiger partial charge in [0.2, 0.25) is 0 Å². The van der Waals surface area contributed by atoms with Crippen LogP contribution >= 0.6 is 0 Å². The largest absolute Gasteiger partial charge is 0.314 e. The molecule has 2 unspecified atom stereocenters. The molecule has 0 aromatic carbocycles. The molecule has 0 aromatic heterocycles. The standard InChI is InChI=1S/C10H21N/c1-3-5-10-8-9(4-2)6-7-11-10/h9-11H,3-8H2,1-2H3. The van der Waals surface area contributed by atoms with Crippen LogP contribution in [-0.2, 0) is 0 Å². The van der Waals surface area contributed by atoms with E-state index in [0.717, 1.165) is 12.0 Å². The van der Waals surface area contributed by atoms with Crippen molar-refractivity contribution >= 4 is 0 Å². The maximum absolute atomic E-state index is 3.58. The molecule has 1 saturated heterocycles. The van der Waals surface area contributed by atoms with Crippen LogP contribution in [0.15, 0.2) is 0 Å². The van der Waals surface area contributed by atoms with Crippen molar-refractivity contribution in [3.63, 3.8) is 0 Å². The lowest BCUT2D eigenvalue weighted by Crippen LogP contribution is -2.37. The maximum Gasteiger partial charge on any atom is 0.00696 e. The van der Waals surface area contributed by atoms with Gasteiger partial charge in [-0.25, -0.2) is 0 Å². The Morgan fingerprint density at radius 2 is 2.18 bits per heavy atom. The Morgan fingerprint density at radius 3 is 2.82 bits per heavy atom. The summed E-state index contributed by atoms with van der Waals surface area (Å²) >= 11 is 0. The van der Waals surface area contributed by atoms with Gasteiger partial charge in [0.05, 0.1) is 0 Å². The number of nitrogens with one attached hydrogen (secondary N) is 1. The Balaban J connectivity index is 2.21. The molecule has 0 amide bonds. The first-order chi connectivity index (χ1) is 5.36. The third-order valence-corrected chi connectivity index (χ3v) is 2.82. The second kappa shape index (κ2) is 4.76. The molecule has 1 N–H and O–H groups in total. The van der Waals surface area contributed by atoms with Crippen molar-refractivity contribution in [3.05, 3.63) is 0 Å². The molecule has 1 aliphatic heterocycles. The highest BCUT2D eigenvalue weighted by atomic mass is 14.9. The Hall–Kier alpha value is -0.0400. The van der Waals surface area contributed by atoms with Crippen molar-refractivity contribution in [3.8, 4) is 0 Å². The molecule has 2 atom stereocenters. The second-order valence-electron chi connectivity index (χ2n) is 3.74. The van der Waals surface area contributed by atoms with E-state index in [0.29, 0.717) is 0 Å². The fourth-order valence-electron chi connectivity index (χ4n) is 2.03. The Labute approximate surface area is 70.6 Å². The van der Waals surface area contributed by atoms with E-state index in [1.807, 2.05) is 0 Å². The summed E-state index contributed by atoms with van der Waals surface area (Å²) in [5, 5.41) is 3.58. The molecule has 11 heavy (non-hydrogen) atoms. The van der Waals surface area contributed by atoms with Crippen LogP contribution in [0.2, 0.25) is 0 Å². The average Bonchev–Trinajstić information content (AvgIpc) is 2.06. The van der Waals surface area contributed by atoms with Gasteiger partial charge in [0, 0.05) is 6.04 Å². The molecule has 1 heterocycles. The minimum absolute atomic E-state index is 0.832. The van der Waals surface area contributed by atoms with Crippen LogP contribution in [0, 0.1) is 5.92 Å². The lowest BCUT2D eigenvalue weighted by Gasteiger charge is -2.29. The molecular weight excluding hydrogens is 134 g/mol. The Morgan fingerprint density at radius 1 is 1.36 bits per heavy atom. The zero-order valence-electron chi connectivity index (χ0n) is 7.90. The molecule has 0 aromatic rings. The van der Waals surface area contributed by atoms with Crippen molar-refractivity contribution in [1.29, 1.82) is 0 Å². The van der Waals surface area contributed by atoms with Gasteiger partial charge >= 0.3 is 0 Å². The van der Waals surface area contributed by atoms with Crippen molar-refractivity contribution in [2.75, 3.05) is 6.54 Å². The third kappa shape index (κ3) is 2.82. The number of rotatable bonds is 3. The van der Waals surface area contributed by atoms with Gasteiger partial charge < -0.3 is 5.32 Å². The lowest BCUT2D eigenvalue weighted by atomic mass is 9.89. The molecule has 1 aliphatic rings. The molecule has 1 rings (SSSR count). The first kappa shape index (κ1) is 9.05.